The summed E-state index contributed by atoms with van der Waals surface area (Å²) < 4.78 is 0. The molecule has 0 spiro atoms. The van der Waals surface area contributed by atoms with Gasteiger partial charge in [0.25, 0.3) is 0 Å². The second-order valence-corrected chi connectivity index (χ2v) is 3.74. The third kappa shape index (κ3) is 3.50. The predicted octanol–water partition coefficient (Wildman–Crippen LogP) is 4.16. The number of aryl methyl sites for hydroxylation is 1. The fraction of sp³-hybridized carbons (Fsp3) is 0.267. The first kappa shape index (κ1) is 12.4. The van der Waals surface area contributed by atoms with E-state index in [0.29, 0.717) is 0 Å². The average molecular weight is 213 g/mol. The fourth-order valence-corrected chi connectivity index (χ4v) is 1.74. The second-order valence-electron chi connectivity index (χ2n) is 3.74. The van der Waals surface area contributed by atoms with Crippen LogP contribution in [0.4, 0.5) is 0 Å². The number of rotatable bonds is 6. The Hall–Kier alpha value is -1.63. The molecular weight excluding hydrogens is 194 g/mol. The summed E-state index contributed by atoms with van der Waals surface area (Å²) in [5.74, 6) is 0. The number of hydrogen-bond acceptors (Lipinski definition) is 1. The first-order valence-corrected chi connectivity index (χ1v) is 5.70. The second kappa shape index (κ2) is 6.78. The van der Waals surface area contributed by atoms with Crippen LogP contribution in [0.2, 0.25) is 0 Å². The fourth-order valence-electron chi connectivity index (χ4n) is 1.74. The van der Waals surface area contributed by atoms with E-state index in [0.717, 1.165) is 24.8 Å². The van der Waals surface area contributed by atoms with Crippen molar-refractivity contribution in [2.24, 2.45) is 0 Å². The number of benzene rings is 1. The zero-order valence-electron chi connectivity index (χ0n) is 9.87. The van der Waals surface area contributed by atoms with Gasteiger partial charge in [0.15, 0.2) is 0 Å². The summed E-state index contributed by atoms with van der Waals surface area (Å²) in [5, 5.41) is 7.35. The SMILES string of the molecule is C=C/C(CCc1ccccc1)=C(/C=N)CC. The predicted molar refractivity (Wildman–Crippen MR) is 71.1 cm³/mol. The van der Waals surface area contributed by atoms with Crippen LogP contribution in [0.25, 0.3) is 0 Å². The topological polar surface area (TPSA) is 23.9 Å². The van der Waals surface area contributed by atoms with Crippen molar-refractivity contribution in [3.8, 4) is 0 Å². The van der Waals surface area contributed by atoms with Crippen LogP contribution in [0.3, 0.4) is 0 Å². The van der Waals surface area contributed by atoms with Crippen molar-refractivity contribution in [1.82, 2.24) is 0 Å². The molecule has 0 atom stereocenters. The van der Waals surface area contributed by atoms with Crippen molar-refractivity contribution < 1.29 is 0 Å². The smallest absolute Gasteiger partial charge is 0.0212 e. The van der Waals surface area contributed by atoms with Gasteiger partial charge in [-0.3, -0.25) is 0 Å². The van der Waals surface area contributed by atoms with Gasteiger partial charge in [0, 0.05) is 6.21 Å². The molecule has 84 valence electrons. The van der Waals surface area contributed by atoms with Crippen molar-refractivity contribution >= 4 is 6.21 Å². The molecule has 0 heterocycles. The molecule has 16 heavy (non-hydrogen) atoms. The molecule has 0 bridgehead atoms. The summed E-state index contributed by atoms with van der Waals surface area (Å²) in [6.45, 7) is 5.90. The van der Waals surface area contributed by atoms with Gasteiger partial charge < -0.3 is 5.41 Å². The number of nitrogens with one attached hydrogen (secondary N) is 1. The van der Waals surface area contributed by atoms with E-state index < -0.39 is 0 Å². The molecule has 0 fully saturated rings. The minimum absolute atomic E-state index is 0.902. The Morgan fingerprint density at radius 3 is 2.44 bits per heavy atom. The first-order valence-electron chi connectivity index (χ1n) is 5.70. The van der Waals surface area contributed by atoms with Crippen LogP contribution < -0.4 is 0 Å². The first-order chi connectivity index (χ1) is 7.81. The van der Waals surface area contributed by atoms with E-state index >= 15 is 0 Å². The van der Waals surface area contributed by atoms with E-state index in [1.807, 2.05) is 12.1 Å². The van der Waals surface area contributed by atoms with Crippen LogP contribution in [0.1, 0.15) is 25.3 Å². The quantitative estimate of drug-likeness (QED) is 0.542. The lowest BCUT2D eigenvalue weighted by molar-refractivity contribution is 0.945. The van der Waals surface area contributed by atoms with E-state index in [1.165, 1.54) is 17.4 Å². The molecule has 0 saturated carbocycles. The lowest BCUT2D eigenvalue weighted by Gasteiger charge is -2.06. The largest absolute Gasteiger partial charge is 0.308 e. The molecule has 1 heteroatoms. The highest BCUT2D eigenvalue weighted by Gasteiger charge is 2.00. The Bertz CT molecular complexity index is 374. The van der Waals surface area contributed by atoms with Crippen LogP contribution in [0.5, 0.6) is 0 Å². The molecule has 0 aromatic heterocycles. The maximum absolute atomic E-state index is 7.35. The van der Waals surface area contributed by atoms with Crippen LogP contribution in [0.15, 0.2) is 54.1 Å². The summed E-state index contributed by atoms with van der Waals surface area (Å²) in [6, 6.07) is 10.4. The molecule has 0 saturated heterocycles. The zero-order chi connectivity index (χ0) is 11.8. The van der Waals surface area contributed by atoms with Crippen LogP contribution in [0, 0.1) is 5.41 Å². The Kier molecular flexibility index (Phi) is 5.27. The minimum Gasteiger partial charge on any atom is -0.308 e. The van der Waals surface area contributed by atoms with Gasteiger partial charge >= 0.3 is 0 Å². The maximum atomic E-state index is 7.35. The van der Waals surface area contributed by atoms with E-state index in [9.17, 15) is 0 Å². The van der Waals surface area contributed by atoms with Crippen LogP contribution >= 0.6 is 0 Å². The molecule has 1 aromatic rings. The summed E-state index contributed by atoms with van der Waals surface area (Å²) in [5.41, 5.74) is 3.62. The molecule has 0 aliphatic carbocycles. The van der Waals surface area contributed by atoms with Crippen molar-refractivity contribution in [2.45, 2.75) is 26.2 Å². The summed E-state index contributed by atoms with van der Waals surface area (Å²) >= 11 is 0. The van der Waals surface area contributed by atoms with Gasteiger partial charge in [-0.05, 0) is 36.0 Å². The van der Waals surface area contributed by atoms with E-state index in [2.05, 4.69) is 37.8 Å². The summed E-state index contributed by atoms with van der Waals surface area (Å²) in [7, 11) is 0. The van der Waals surface area contributed by atoms with E-state index in [1.54, 1.807) is 0 Å². The lowest BCUT2D eigenvalue weighted by Crippen LogP contribution is -1.93. The Morgan fingerprint density at radius 1 is 1.25 bits per heavy atom. The Morgan fingerprint density at radius 2 is 1.94 bits per heavy atom. The van der Waals surface area contributed by atoms with Gasteiger partial charge in [0.05, 0.1) is 0 Å². The molecular formula is C15H19N. The van der Waals surface area contributed by atoms with Crippen molar-refractivity contribution in [3.05, 3.63) is 59.7 Å². The van der Waals surface area contributed by atoms with Crippen molar-refractivity contribution in [2.75, 3.05) is 0 Å². The van der Waals surface area contributed by atoms with E-state index in [4.69, 9.17) is 5.41 Å². The molecule has 0 aliphatic heterocycles. The molecule has 1 nitrogen and oxygen atoms in total. The monoisotopic (exact) mass is 213 g/mol. The minimum atomic E-state index is 0.902. The van der Waals surface area contributed by atoms with Gasteiger partial charge in [-0.2, -0.15) is 0 Å². The third-order valence-corrected chi connectivity index (χ3v) is 2.74. The molecule has 1 rings (SSSR count). The summed E-state index contributed by atoms with van der Waals surface area (Å²) in [4.78, 5) is 0. The van der Waals surface area contributed by atoms with E-state index in [-0.39, 0.29) is 0 Å². The molecule has 0 amide bonds. The van der Waals surface area contributed by atoms with Crippen LogP contribution in [-0.4, -0.2) is 6.21 Å². The van der Waals surface area contributed by atoms with Crippen molar-refractivity contribution in [1.29, 1.82) is 5.41 Å². The molecule has 1 aromatic carbocycles. The van der Waals surface area contributed by atoms with Gasteiger partial charge in [0.2, 0.25) is 0 Å². The van der Waals surface area contributed by atoms with Crippen molar-refractivity contribution in [3.63, 3.8) is 0 Å². The average Bonchev–Trinajstić information content (AvgIpc) is 2.35. The van der Waals surface area contributed by atoms with Gasteiger partial charge in [-0.25, -0.2) is 0 Å². The molecule has 0 unspecified atom stereocenters. The van der Waals surface area contributed by atoms with Gasteiger partial charge in [0.1, 0.15) is 0 Å². The van der Waals surface area contributed by atoms with Crippen LogP contribution in [-0.2, 0) is 6.42 Å². The van der Waals surface area contributed by atoms with Gasteiger partial charge in [-0.1, -0.05) is 49.9 Å². The number of hydrogen-bond donors (Lipinski definition) is 1. The number of allylic oxidation sites excluding steroid dienone is 3. The molecule has 0 aliphatic rings. The third-order valence-electron chi connectivity index (χ3n) is 2.74. The zero-order valence-corrected chi connectivity index (χ0v) is 9.87. The maximum Gasteiger partial charge on any atom is 0.0212 e. The lowest BCUT2D eigenvalue weighted by atomic mass is 9.99. The highest BCUT2D eigenvalue weighted by molar-refractivity contribution is 5.77. The molecule has 1 N–H and O–H groups in total. The molecule has 0 radical (unpaired) electrons. The highest BCUT2D eigenvalue weighted by atomic mass is 14.3. The Balaban J connectivity index is 2.69. The Labute approximate surface area is 98.0 Å². The summed E-state index contributed by atoms with van der Waals surface area (Å²) in [6.07, 6.45) is 6.21. The standard InChI is InChI=1S/C15H19N/c1-3-14(15(4-2)12-16)11-10-13-8-6-5-7-9-13/h3,5-9,12,16H,1,4,10-11H2,2H3/b15-14-,16-12?. The highest BCUT2D eigenvalue weighted by Crippen LogP contribution is 2.15. The normalized spacial score (nSPS) is 11.8. The van der Waals surface area contributed by atoms with Gasteiger partial charge in [-0.15, -0.1) is 0 Å².